The van der Waals surface area contributed by atoms with Crippen LogP contribution < -0.4 is 26.4 Å². The van der Waals surface area contributed by atoms with Crippen LogP contribution in [-0.4, -0.2) is 42.5 Å². The molecule has 0 aliphatic heterocycles. The summed E-state index contributed by atoms with van der Waals surface area (Å²) >= 11 is 0. The Morgan fingerprint density at radius 3 is 2.50 bits per heavy atom. The van der Waals surface area contributed by atoms with Gasteiger partial charge in [0.1, 0.15) is 12.1 Å². The maximum Gasteiger partial charge on any atom is 0.258 e. The van der Waals surface area contributed by atoms with Crippen molar-refractivity contribution in [3.63, 3.8) is 0 Å². The molecule has 0 aliphatic carbocycles. The molecule has 196 valence electrons. The average molecular weight is 525 g/mol. The third kappa shape index (κ3) is 5.20. The van der Waals surface area contributed by atoms with Crippen LogP contribution in [0.5, 0.6) is 5.75 Å². The van der Waals surface area contributed by atoms with E-state index in [0.29, 0.717) is 34.9 Å². The van der Waals surface area contributed by atoms with E-state index in [1.807, 2.05) is 0 Å². The van der Waals surface area contributed by atoms with Gasteiger partial charge in [-0.3, -0.25) is 9.59 Å². The summed E-state index contributed by atoms with van der Waals surface area (Å²) in [5.41, 5.74) is 6.26. The number of primary amides is 1. The summed E-state index contributed by atoms with van der Waals surface area (Å²) in [5.74, 6) is -6.47. The van der Waals surface area contributed by atoms with Gasteiger partial charge in [0.05, 0.1) is 29.8 Å². The number of halogens is 3. The second kappa shape index (κ2) is 11.1. The molecule has 9 nitrogen and oxygen atoms in total. The van der Waals surface area contributed by atoms with Gasteiger partial charge >= 0.3 is 0 Å². The number of nitrogens with zero attached hydrogens (tertiary/aromatic N) is 2. The first-order chi connectivity index (χ1) is 18.2. The highest BCUT2D eigenvalue weighted by atomic mass is 19.2. The Labute approximate surface area is 215 Å². The van der Waals surface area contributed by atoms with E-state index in [1.165, 1.54) is 6.33 Å². The minimum Gasteiger partial charge on any atom is -0.491 e. The highest BCUT2D eigenvalue weighted by molar-refractivity contribution is 6.07. The number of hydrogen-bond acceptors (Lipinski definition) is 7. The quantitative estimate of drug-likeness (QED) is 0.245. The van der Waals surface area contributed by atoms with Crippen molar-refractivity contribution in [3.05, 3.63) is 89.0 Å². The maximum atomic E-state index is 14.4. The van der Waals surface area contributed by atoms with Crippen LogP contribution in [0.1, 0.15) is 32.3 Å². The molecule has 0 bridgehead atoms. The van der Waals surface area contributed by atoms with Crippen molar-refractivity contribution in [2.24, 2.45) is 5.73 Å². The first kappa shape index (κ1) is 26.4. The molecule has 1 heterocycles. The molecule has 12 heteroatoms. The van der Waals surface area contributed by atoms with E-state index in [4.69, 9.17) is 5.73 Å². The second-order valence-corrected chi connectivity index (χ2v) is 8.19. The minimum atomic E-state index is -1.60. The summed E-state index contributed by atoms with van der Waals surface area (Å²) in [5, 5.41) is 9.41. The summed E-state index contributed by atoms with van der Waals surface area (Å²) in [7, 11) is 2.74. The number of ether oxygens (including phenoxy) is 1. The van der Waals surface area contributed by atoms with Crippen molar-refractivity contribution < 1.29 is 27.5 Å². The minimum absolute atomic E-state index is 0.251. The van der Waals surface area contributed by atoms with Crippen LogP contribution in [0.15, 0.2) is 54.9 Å². The predicted molar refractivity (Wildman–Crippen MR) is 136 cm³/mol. The summed E-state index contributed by atoms with van der Waals surface area (Å²) in [6.07, 6.45) is 1.31. The highest BCUT2D eigenvalue weighted by Crippen LogP contribution is 2.29. The van der Waals surface area contributed by atoms with Crippen LogP contribution in [0.25, 0.3) is 10.9 Å². The van der Waals surface area contributed by atoms with E-state index >= 15 is 0 Å². The molecular formula is C26H23F3N6O3. The molecule has 0 radical (unpaired) electrons. The van der Waals surface area contributed by atoms with Gasteiger partial charge in [-0.15, -0.1) is 0 Å². The van der Waals surface area contributed by atoms with Crippen LogP contribution in [-0.2, 0) is 0 Å². The largest absolute Gasteiger partial charge is 0.491 e. The zero-order valence-corrected chi connectivity index (χ0v) is 20.3. The van der Waals surface area contributed by atoms with Crippen molar-refractivity contribution in [3.8, 4) is 5.75 Å². The maximum absolute atomic E-state index is 14.4. The Balaban J connectivity index is 1.63. The second-order valence-electron chi connectivity index (χ2n) is 8.19. The average Bonchev–Trinajstić information content (AvgIpc) is 2.90. The summed E-state index contributed by atoms with van der Waals surface area (Å²) in [4.78, 5) is 33.0. The fourth-order valence-corrected chi connectivity index (χ4v) is 3.99. The normalized spacial score (nSPS) is 11.7. The van der Waals surface area contributed by atoms with Crippen LogP contribution in [0.4, 0.5) is 24.7 Å². The number of anilines is 2. The number of amides is 2. The van der Waals surface area contributed by atoms with E-state index in [2.05, 4.69) is 30.7 Å². The molecule has 5 N–H and O–H groups in total. The van der Waals surface area contributed by atoms with Crippen molar-refractivity contribution in [1.29, 1.82) is 0 Å². The van der Waals surface area contributed by atoms with Crippen molar-refractivity contribution in [2.45, 2.75) is 6.04 Å². The van der Waals surface area contributed by atoms with Crippen molar-refractivity contribution >= 4 is 34.2 Å². The smallest absolute Gasteiger partial charge is 0.258 e. The molecule has 1 atom stereocenters. The van der Waals surface area contributed by atoms with E-state index in [-0.39, 0.29) is 17.3 Å². The molecular weight excluding hydrogens is 501 g/mol. The molecule has 4 aromatic rings. The Morgan fingerprint density at radius 1 is 1.03 bits per heavy atom. The predicted octanol–water partition coefficient (Wildman–Crippen LogP) is 3.78. The zero-order chi connectivity index (χ0) is 27.4. The lowest BCUT2D eigenvalue weighted by molar-refractivity contribution is 0.0998. The molecule has 0 saturated carbocycles. The fourth-order valence-electron chi connectivity index (χ4n) is 3.99. The first-order valence-corrected chi connectivity index (χ1v) is 11.3. The SMILES string of the molecule is CNCC(Nc1ncnc2c(C(N)=O)cccc12)c1cccc(NC(=O)c2cc(F)c(OC)c(F)c2F)c1. The van der Waals surface area contributed by atoms with Crippen molar-refractivity contribution in [1.82, 2.24) is 15.3 Å². The Bertz CT molecular complexity index is 1530. The molecule has 4 rings (SSSR count). The number of likely N-dealkylation sites (N-methyl/N-ethyl adjacent to an activating group) is 1. The summed E-state index contributed by atoms with van der Waals surface area (Å²) in [6, 6.07) is 11.8. The van der Waals surface area contributed by atoms with Gasteiger partial charge < -0.3 is 26.4 Å². The first-order valence-electron chi connectivity index (χ1n) is 11.3. The van der Waals surface area contributed by atoms with Gasteiger partial charge in [0, 0.05) is 17.6 Å². The number of nitrogens with two attached hydrogens (primary N) is 1. The lowest BCUT2D eigenvalue weighted by atomic mass is 10.0. The van der Waals surface area contributed by atoms with Crippen LogP contribution in [0, 0.1) is 17.5 Å². The van der Waals surface area contributed by atoms with E-state index in [0.717, 1.165) is 7.11 Å². The number of hydrogen-bond donors (Lipinski definition) is 4. The van der Waals surface area contributed by atoms with Gasteiger partial charge in [-0.1, -0.05) is 18.2 Å². The Morgan fingerprint density at radius 2 is 1.79 bits per heavy atom. The van der Waals surface area contributed by atoms with Crippen LogP contribution in [0.3, 0.4) is 0 Å². The van der Waals surface area contributed by atoms with Gasteiger partial charge in [-0.25, -0.2) is 18.7 Å². The number of aromatic nitrogens is 2. The number of rotatable bonds is 9. The molecule has 38 heavy (non-hydrogen) atoms. The number of benzene rings is 3. The molecule has 1 unspecified atom stereocenters. The molecule has 1 aromatic heterocycles. The fraction of sp³-hybridized carbons (Fsp3) is 0.154. The van der Waals surface area contributed by atoms with E-state index in [9.17, 15) is 22.8 Å². The Kier molecular flexibility index (Phi) is 7.72. The van der Waals surface area contributed by atoms with Crippen molar-refractivity contribution in [2.75, 3.05) is 31.3 Å². The summed E-state index contributed by atoms with van der Waals surface area (Å²) in [6.45, 7) is 0.419. The topological polar surface area (TPSA) is 131 Å². The zero-order valence-electron chi connectivity index (χ0n) is 20.3. The van der Waals surface area contributed by atoms with Gasteiger partial charge in [-0.05, 0) is 42.9 Å². The lowest BCUT2D eigenvalue weighted by Crippen LogP contribution is -2.24. The Hall–Kier alpha value is -4.71. The molecule has 0 aliphatic rings. The van der Waals surface area contributed by atoms with E-state index in [1.54, 1.807) is 49.5 Å². The van der Waals surface area contributed by atoms with Gasteiger partial charge in [0.2, 0.25) is 5.82 Å². The van der Waals surface area contributed by atoms with Gasteiger partial charge in [0.15, 0.2) is 17.4 Å². The number of carbonyl (C=O) groups is 2. The highest BCUT2D eigenvalue weighted by Gasteiger charge is 2.24. The molecule has 0 fully saturated rings. The molecule has 0 saturated heterocycles. The molecule has 0 spiro atoms. The lowest BCUT2D eigenvalue weighted by Gasteiger charge is -2.21. The standard InChI is InChI=1S/C26H23F3N6O3/c1-31-11-19(35-25-16-8-4-7-15(24(30)36)22(16)32-12-33-25)13-5-3-6-14(9-13)34-26(37)17-10-18(27)23(38-2)21(29)20(17)28/h3-10,12,19,31H,11H2,1-2H3,(H2,30,36)(H,34,37)(H,32,33,35). The van der Waals surface area contributed by atoms with Crippen LogP contribution in [0.2, 0.25) is 0 Å². The van der Waals surface area contributed by atoms with Crippen LogP contribution >= 0.6 is 0 Å². The van der Waals surface area contributed by atoms with Gasteiger partial charge in [-0.2, -0.15) is 4.39 Å². The van der Waals surface area contributed by atoms with E-state index < -0.39 is 40.6 Å². The molecule has 3 aromatic carbocycles. The number of carbonyl (C=O) groups excluding carboxylic acids is 2. The summed E-state index contributed by atoms with van der Waals surface area (Å²) < 4.78 is 47.1. The number of fused-ring (bicyclic) bond motifs is 1. The van der Waals surface area contributed by atoms with Gasteiger partial charge in [0.25, 0.3) is 11.8 Å². The molecule has 2 amide bonds. The monoisotopic (exact) mass is 524 g/mol. The number of nitrogens with one attached hydrogen (secondary N) is 3. The third-order valence-electron chi connectivity index (χ3n) is 5.76. The third-order valence-corrected chi connectivity index (χ3v) is 5.76. The number of methoxy groups -OCH3 is 1. The number of para-hydroxylation sites is 1.